The molecule has 0 radical (unpaired) electrons. The maximum absolute atomic E-state index is 10.8. The molecule has 1 saturated carbocycles. The van der Waals surface area contributed by atoms with Gasteiger partial charge < -0.3 is 5.11 Å². The Kier molecular flexibility index (Phi) is 1.93. The molecular formula is C10H13NO2S. The Bertz CT molecular complexity index is 395. The lowest BCUT2D eigenvalue weighted by molar-refractivity contribution is 0.0701. The molecule has 3 nitrogen and oxygen atoms in total. The Morgan fingerprint density at radius 3 is 2.57 bits per heavy atom. The minimum Gasteiger partial charge on any atom is -0.477 e. The van der Waals surface area contributed by atoms with Crippen LogP contribution in [0.3, 0.4) is 0 Å². The maximum Gasteiger partial charge on any atom is 0.347 e. The van der Waals surface area contributed by atoms with Crippen molar-refractivity contribution in [2.45, 2.75) is 33.1 Å². The number of thiazole rings is 1. The van der Waals surface area contributed by atoms with Crippen molar-refractivity contribution in [3.63, 3.8) is 0 Å². The second-order valence-corrected chi connectivity index (χ2v) is 5.55. The van der Waals surface area contributed by atoms with E-state index in [0.717, 1.165) is 11.4 Å². The number of aromatic nitrogens is 1. The van der Waals surface area contributed by atoms with Crippen molar-refractivity contribution in [1.82, 2.24) is 4.98 Å². The standard InChI is InChI=1S/C10H13NO2S/c1-5-7(9(12)13)14-8(11-5)6-4-10(6,2)3/h6H,4H2,1-3H3,(H,12,13). The van der Waals surface area contributed by atoms with Crippen LogP contribution in [0.2, 0.25) is 0 Å². The van der Waals surface area contributed by atoms with Gasteiger partial charge in [0.2, 0.25) is 0 Å². The summed E-state index contributed by atoms with van der Waals surface area (Å²) in [5.74, 6) is -0.385. The second kappa shape index (κ2) is 2.79. The SMILES string of the molecule is Cc1nc(C2CC2(C)C)sc1C(=O)O. The summed E-state index contributed by atoms with van der Waals surface area (Å²) in [4.78, 5) is 15.5. The number of nitrogens with zero attached hydrogens (tertiary/aromatic N) is 1. The van der Waals surface area contributed by atoms with Crippen molar-refractivity contribution >= 4 is 17.3 Å². The maximum atomic E-state index is 10.8. The Balaban J connectivity index is 2.30. The zero-order chi connectivity index (χ0) is 10.5. The lowest BCUT2D eigenvalue weighted by atomic mass is 10.1. The van der Waals surface area contributed by atoms with Crippen LogP contribution in [0.1, 0.15) is 46.6 Å². The first kappa shape index (κ1) is 9.65. The Morgan fingerprint density at radius 2 is 2.21 bits per heavy atom. The molecule has 1 atom stereocenters. The molecule has 0 amide bonds. The van der Waals surface area contributed by atoms with Gasteiger partial charge in [-0.3, -0.25) is 0 Å². The van der Waals surface area contributed by atoms with Gasteiger partial charge in [-0.25, -0.2) is 9.78 Å². The molecule has 0 saturated heterocycles. The number of carboxylic acids is 1. The van der Waals surface area contributed by atoms with E-state index in [4.69, 9.17) is 5.11 Å². The molecule has 1 heterocycles. The normalized spacial score (nSPS) is 23.5. The third-order valence-corrected chi connectivity index (χ3v) is 4.08. The van der Waals surface area contributed by atoms with Gasteiger partial charge >= 0.3 is 5.97 Å². The molecule has 0 aromatic carbocycles. The Labute approximate surface area is 86.8 Å². The molecule has 1 aliphatic carbocycles. The molecule has 76 valence electrons. The lowest BCUT2D eigenvalue weighted by Gasteiger charge is -1.97. The molecule has 0 bridgehead atoms. The molecule has 0 aliphatic heterocycles. The Morgan fingerprint density at radius 1 is 1.64 bits per heavy atom. The summed E-state index contributed by atoms with van der Waals surface area (Å²) < 4.78 is 0. The van der Waals surface area contributed by atoms with Gasteiger partial charge in [0.25, 0.3) is 0 Å². The summed E-state index contributed by atoms with van der Waals surface area (Å²) in [6.07, 6.45) is 1.12. The van der Waals surface area contributed by atoms with Crippen LogP contribution < -0.4 is 0 Å². The van der Waals surface area contributed by atoms with Crippen LogP contribution in [-0.2, 0) is 0 Å². The largest absolute Gasteiger partial charge is 0.477 e. The van der Waals surface area contributed by atoms with E-state index in [9.17, 15) is 4.79 Å². The number of hydrogen-bond acceptors (Lipinski definition) is 3. The second-order valence-electron chi connectivity index (χ2n) is 4.52. The quantitative estimate of drug-likeness (QED) is 0.818. The van der Waals surface area contributed by atoms with Crippen molar-refractivity contribution in [3.8, 4) is 0 Å². The van der Waals surface area contributed by atoms with E-state index in [0.29, 0.717) is 21.9 Å². The van der Waals surface area contributed by atoms with Crippen LogP contribution in [0.4, 0.5) is 0 Å². The van der Waals surface area contributed by atoms with Gasteiger partial charge in [0, 0.05) is 5.92 Å². The van der Waals surface area contributed by atoms with E-state index in [1.807, 2.05) is 0 Å². The fourth-order valence-electron chi connectivity index (χ4n) is 1.65. The summed E-state index contributed by atoms with van der Waals surface area (Å²) in [7, 11) is 0. The fraction of sp³-hybridized carbons (Fsp3) is 0.600. The zero-order valence-electron chi connectivity index (χ0n) is 8.50. The highest BCUT2D eigenvalue weighted by Gasteiger charge is 2.48. The fourth-order valence-corrected chi connectivity index (χ4v) is 2.87. The van der Waals surface area contributed by atoms with E-state index in [1.54, 1.807) is 6.92 Å². The molecular weight excluding hydrogens is 198 g/mol. The van der Waals surface area contributed by atoms with Crippen LogP contribution >= 0.6 is 11.3 Å². The molecule has 1 fully saturated rings. The van der Waals surface area contributed by atoms with E-state index >= 15 is 0 Å². The molecule has 0 spiro atoms. The number of rotatable bonds is 2. The molecule has 1 aromatic heterocycles. The van der Waals surface area contributed by atoms with E-state index in [2.05, 4.69) is 18.8 Å². The zero-order valence-corrected chi connectivity index (χ0v) is 9.31. The van der Waals surface area contributed by atoms with Gasteiger partial charge in [0.15, 0.2) is 0 Å². The summed E-state index contributed by atoms with van der Waals surface area (Å²) in [6.45, 7) is 6.14. The van der Waals surface area contributed by atoms with E-state index in [-0.39, 0.29) is 0 Å². The summed E-state index contributed by atoms with van der Waals surface area (Å²) in [5.41, 5.74) is 0.972. The molecule has 1 unspecified atom stereocenters. The molecule has 14 heavy (non-hydrogen) atoms. The van der Waals surface area contributed by atoms with Crippen molar-refractivity contribution in [1.29, 1.82) is 0 Å². The Hall–Kier alpha value is -0.900. The van der Waals surface area contributed by atoms with Gasteiger partial charge in [-0.15, -0.1) is 11.3 Å². The summed E-state index contributed by atoms with van der Waals surface area (Å²) in [5, 5.41) is 9.87. The van der Waals surface area contributed by atoms with E-state index in [1.165, 1.54) is 11.3 Å². The smallest absolute Gasteiger partial charge is 0.347 e. The van der Waals surface area contributed by atoms with Crippen LogP contribution in [0.25, 0.3) is 0 Å². The third-order valence-electron chi connectivity index (χ3n) is 2.82. The van der Waals surface area contributed by atoms with Crippen LogP contribution in [0, 0.1) is 12.3 Å². The topological polar surface area (TPSA) is 50.2 Å². The molecule has 4 heteroatoms. The molecule has 1 N–H and O–H groups in total. The predicted octanol–water partition coefficient (Wildman–Crippen LogP) is 2.66. The minimum atomic E-state index is -0.857. The molecule has 1 aliphatic rings. The highest BCUT2D eigenvalue weighted by atomic mass is 32.1. The van der Waals surface area contributed by atoms with Crippen LogP contribution in [0.5, 0.6) is 0 Å². The highest BCUT2D eigenvalue weighted by Crippen LogP contribution is 2.59. The van der Waals surface area contributed by atoms with Crippen LogP contribution in [0.15, 0.2) is 0 Å². The van der Waals surface area contributed by atoms with Crippen LogP contribution in [-0.4, -0.2) is 16.1 Å². The predicted molar refractivity (Wildman–Crippen MR) is 54.9 cm³/mol. The average Bonchev–Trinajstić information content (AvgIpc) is 2.54. The van der Waals surface area contributed by atoms with Crippen molar-refractivity contribution in [2.24, 2.45) is 5.41 Å². The van der Waals surface area contributed by atoms with Crippen molar-refractivity contribution in [3.05, 3.63) is 15.6 Å². The first-order valence-corrected chi connectivity index (χ1v) is 5.44. The number of aromatic carboxylic acids is 1. The van der Waals surface area contributed by atoms with Crippen molar-refractivity contribution in [2.75, 3.05) is 0 Å². The monoisotopic (exact) mass is 211 g/mol. The van der Waals surface area contributed by atoms with Gasteiger partial charge in [0.1, 0.15) is 4.88 Å². The first-order chi connectivity index (χ1) is 6.42. The number of carbonyl (C=O) groups is 1. The van der Waals surface area contributed by atoms with Gasteiger partial charge in [-0.1, -0.05) is 13.8 Å². The number of aryl methyl sites for hydroxylation is 1. The van der Waals surface area contributed by atoms with Crippen molar-refractivity contribution < 1.29 is 9.90 Å². The average molecular weight is 211 g/mol. The van der Waals surface area contributed by atoms with Gasteiger partial charge in [0.05, 0.1) is 10.7 Å². The first-order valence-electron chi connectivity index (χ1n) is 4.62. The number of carboxylic acid groups (broad SMARTS) is 1. The minimum absolute atomic E-state index is 0.320. The summed E-state index contributed by atoms with van der Waals surface area (Å²) in [6, 6.07) is 0. The molecule has 2 rings (SSSR count). The van der Waals surface area contributed by atoms with Gasteiger partial charge in [-0.2, -0.15) is 0 Å². The highest BCUT2D eigenvalue weighted by molar-refractivity contribution is 7.13. The summed E-state index contributed by atoms with van der Waals surface area (Å²) >= 11 is 1.33. The number of hydrogen-bond donors (Lipinski definition) is 1. The third kappa shape index (κ3) is 1.43. The van der Waals surface area contributed by atoms with Gasteiger partial charge in [-0.05, 0) is 18.8 Å². The van der Waals surface area contributed by atoms with E-state index < -0.39 is 5.97 Å². The lowest BCUT2D eigenvalue weighted by Crippen LogP contribution is -1.94. The molecule has 1 aromatic rings.